The van der Waals surface area contributed by atoms with Crippen molar-refractivity contribution >= 4 is 33.2 Å². The van der Waals surface area contributed by atoms with Gasteiger partial charge < -0.3 is 10.2 Å². The van der Waals surface area contributed by atoms with Crippen molar-refractivity contribution in [2.24, 2.45) is 0 Å². The standard InChI is InChI=1S/C24H25ClFN3O3S/c1-16-7-4-5-10-21(16)28-33(31,32)18-13-11-17(12-14-18)24(30)27-15-22(29(2)3)23-19(25)8-6-9-20(23)26/h4-14,22,28H,15H2,1-3H3,(H,27,30)/t22-/m1/s1. The molecule has 0 bridgehead atoms. The van der Waals surface area contributed by atoms with Crippen LogP contribution in [0.3, 0.4) is 0 Å². The molecule has 0 saturated heterocycles. The Bertz CT molecular complexity index is 1230. The van der Waals surface area contributed by atoms with Crippen molar-refractivity contribution in [1.82, 2.24) is 10.2 Å². The first-order valence-corrected chi connectivity index (χ1v) is 12.0. The molecule has 0 radical (unpaired) electrons. The van der Waals surface area contributed by atoms with Crippen molar-refractivity contribution in [3.63, 3.8) is 0 Å². The number of hydrogen-bond donors (Lipinski definition) is 2. The smallest absolute Gasteiger partial charge is 0.261 e. The van der Waals surface area contributed by atoms with Gasteiger partial charge in [0.2, 0.25) is 0 Å². The van der Waals surface area contributed by atoms with E-state index in [1.54, 1.807) is 50.2 Å². The SMILES string of the molecule is Cc1ccccc1NS(=O)(=O)c1ccc(C(=O)NC[C@H](c2c(F)cccc2Cl)N(C)C)cc1. The lowest BCUT2D eigenvalue weighted by molar-refractivity contribution is 0.0941. The number of benzene rings is 3. The van der Waals surface area contributed by atoms with Crippen LogP contribution in [0.15, 0.2) is 71.6 Å². The number of likely N-dealkylation sites (N-methyl/N-ethyl adjacent to an activating group) is 1. The molecule has 0 aromatic heterocycles. The zero-order chi connectivity index (χ0) is 24.2. The van der Waals surface area contributed by atoms with Crippen molar-refractivity contribution < 1.29 is 17.6 Å². The molecule has 3 rings (SSSR count). The van der Waals surface area contributed by atoms with Gasteiger partial charge in [0.25, 0.3) is 15.9 Å². The van der Waals surface area contributed by atoms with Gasteiger partial charge in [-0.05, 0) is 69.0 Å². The number of amides is 1. The lowest BCUT2D eigenvalue weighted by Crippen LogP contribution is -2.35. The molecule has 6 nitrogen and oxygen atoms in total. The minimum Gasteiger partial charge on any atom is -0.350 e. The first-order valence-electron chi connectivity index (χ1n) is 10.2. The van der Waals surface area contributed by atoms with Crippen LogP contribution < -0.4 is 10.0 Å². The molecule has 0 unspecified atom stereocenters. The van der Waals surface area contributed by atoms with E-state index < -0.39 is 27.8 Å². The number of nitrogens with one attached hydrogen (secondary N) is 2. The van der Waals surface area contributed by atoms with Crippen LogP contribution >= 0.6 is 11.6 Å². The summed E-state index contributed by atoms with van der Waals surface area (Å²) >= 11 is 6.19. The second-order valence-corrected chi connectivity index (χ2v) is 9.86. The van der Waals surface area contributed by atoms with Gasteiger partial charge in [-0.3, -0.25) is 9.52 Å². The van der Waals surface area contributed by atoms with Crippen molar-refractivity contribution in [2.75, 3.05) is 25.4 Å². The number of nitrogens with zero attached hydrogens (tertiary/aromatic N) is 1. The van der Waals surface area contributed by atoms with Crippen LogP contribution in [0.1, 0.15) is 27.5 Å². The Hall–Kier alpha value is -2.94. The van der Waals surface area contributed by atoms with Crippen LogP contribution in [0.25, 0.3) is 0 Å². The number of aryl methyl sites for hydroxylation is 1. The summed E-state index contributed by atoms with van der Waals surface area (Å²) in [7, 11) is -0.276. The van der Waals surface area contributed by atoms with Crippen LogP contribution in [0.2, 0.25) is 5.02 Å². The predicted octanol–water partition coefficient (Wildman–Crippen LogP) is 4.62. The molecule has 1 amide bonds. The molecule has 174 valence electrons. The Balaban J connectivity index is 1.71. The van der Waals surface area contributed by atoms with E-state index in [-0.39, 0.29) is 22.0 Å². The van der Waals surface area contributed by atoms with E-state index in [2.05, 4.69) is 10.0 Å². The number of carbonyl (C=O) groups excluding carboxylic acids is 1. The highest BCUT2D eigenvalue weighted by Crippen LogP contribution is 2.28. The maximum absolute atomic E-state index is 14.4. The minimum absolute atomic E-state index is 0.0339. The van der Waals surface area contributed by atoms with Gasteiger partial charge in [0.15, 0.2) is 0 Å². The summed E-state index contributed by atoms with van der Waals surface area (Å²) in [5.41, 5.74) is 1.86. The summed E-state index contributed by atoms with van der Waals surface area (Å²) in [5.74, 6) is -0.865. The highest BCUT2D eigenvalue weighted by molar-refractivity contribution is 7.92. The Labute approximate surface area is 198 Å². The van der Waals surface area contributed by atoms with Crippen LogP contribution in [0.4, 0.5) is 10.1 Å². The second-order valence-electron chi connectivity index (χ2n) is 7.77. The number of anilines is 1. The normalized spacial score (nSPS) is 12.4. The fourth-order valence-corrected chi connectivity index (χ4v) is 4.76. The Morgan fingerprint density at radius 2 is 1.70 bits per heavy atom. The van der Waals surface area contributed by atoms with E-state index in [1.165, 1.54) is 36.4 Å². The zero-order valence-electron chi connectivity index (χ0n) is 18.5. The largest absolute Gasteiger partial charge is 0.350 e. The summed E-state index contributed by atoms with van der Waals surface area (Å²) in [6.07, 6.45) is 0. The molecule has 33 heavy (non-hydrogen) atoms. The molecular weight excluding hydrogens is 465 g/mol. The quantitative estimate of drug-likeness (QED) is 0.484. The number of para-hydroxylation sites is 1. The molecule has 0 aliphatic heterocycles. The highest BCUT2D eigenvalue weighted by atomic mass is 35.5. The van der Waals surface area contributed by atoms with E-state index in [0.29, 0.717) is 11.3 Å². The monoisotopic (exact) mass is 489 g/mol. The Morgan fingerprint density at radius 3 is 2.30 bits per heavy atom. The molecule has 9 heteroatoms. The molecule has 0 spiro atoms. The highest BCUT2D eigenvalue weighted by Gasteiger charge is 2.22. The second kappa shape index (κ2) is 10.3. The van der Waals surface area contributed by atoms with Gasteiger partial charge in [-0.2, -0.15) is 0 Å². The first kappa shape index (κ1) is 24.7. The molecule has 2 N–H and O–H groups in total. The summed E-state index contributed by atoms with van der Waals surface area (Å²) in [6, 6.07) is 16.6. The molecule has 3 aromatic rings. The molecule has 0 aliphatic rings. The molecule has 0 aliphatic carbocycles. The Kier molecular flexibility index (Phi) is 7.73. The molecule has 3 aromatic carbocycles. The number of halogens is 2. The van der Waals surface area contributed by atoms with Crippen LogP contribution in [0.5, 0.6) is 0 Å². The lowest BCUT2D eigenvalue weighted by atomic mass is 10.0. The number of hydrogen-bond acceptors (Lipinski definition) is 4. The third-order valence-corrected chi connectivity index (χ3v) is 6.94. The summed E-state index contributed by atoms with van der Waals surface area (Å²) in [4.78, 5) is 14.4. The van der Waals surface area contributed by atoms with Gasteiger partial charge in [-0.25, -0.2) is 12.8 Å². The summed E-state index contributed by atoms with van der Waals surface area (Å²) < 4.78 is 42.3. The van der Waals surface area contributed by atoms with E-state index in [4.69, 9.17) is 11.6 Å². The van der Waals surface area contributed by atoms with Crippen LogP contribution in [-0.4, -0.2) is 39.9 Å². The molecule has 1 atom stereocenters. The van der Waals surface area contributed by atoms with Crippen molar-refractivity contribution in [3.05, 3.63) is 94.3 Å². The average Bonchev–Trinajstić information content (AvgIpc) is 2.77. The third kappa shape index (κ3) is 5.90. The fraction of sp³-hybridized carbons (Fsp3) is 0.208. The number of carbonyl (C=O) groups is 1. The topological polar surface area (TPSA) is 78.5 Å². The predicted molar refractivity (Wildman–Crippen MR) is 129 cm³/mol. The third-order valence-electron chi connectivity index (χ3n) is 5.23. The van der Waals surface area contributed by atoms with Gasteiger partial charge in [0, 0.05) is 22.7 Å². The van der Waals surface area contributed by atoms with Gasteiger partial charge >= 0.3 is 0 Å². The van der Waals surface area contributed by atoms with Crippen molar-refractivity contribution in [2.45, 2.75) is 17.9 Å². The fourth-order valence-electron chi connectivity index (χ4n) is 3.34. The molecular formula is C24H25ClFN3O3S. The average molecular weight is 490 g/mol. The maximum Gasteiger partial charge on any atom is 0.261 e. The lowest BCUT2D eigenvalue weighted by Gasteiger charge is -2.26. The molecule has 0 fully saturated rings. The van der Waals surface area contributed by atoms with Crippen molar-refractivity contribution in [3.8, 4) is 0 Å². The van der Waals surface area contributed by atoms with Gasteiger partial charge in [-0.1, -0.05) is 35.9 Å². The van der Waals surface area contributed by atoms with Crippen molar-refractivity contribution in [1.29, 1.82) is 0 Å². The zero-order valence-corrected chi connectivity index (χ0v) is 20.0. The Morgan fingerprint density at radius 1 is 1.03 bits per heavy atom. The van der Waals surface area contributed by atoms with Crippen LogP contribution in [0, 0.1) is 12.7 Å². The molecule has 0 saturated carbocycles. The van der Waals surface area contributed by atoms with Gasteiger partial charge in [0.1, 0.15) is 5.82 Å². The number of sulfonamides is 1. The maximum atomic E-state index is 14.4. The van der Waals surface area contributed by atoms with E-state index >= 15 is 0 Å². The van der Waals surface area contributed by atoms with Crippen LogP contribution in [-0.2, 0) is 10.0 Å². The van der Waals surface area contributed by atoms with Gasteiger partial charge in [-0.15, -0.1) is 0 Å². The van der Waals surface area contributed by atoms with E-state index in [9.17, 15) is 17.6 Å². The summed E-state index contributed by atoms with van der Waals surface area (Å²) in [5, 5.41) is 3.04. The number of rotatable bonds is 8. The summed E-state index contributed by atoms with van der Waals surface area (Å²) in [6.45, 7) is 1.92. The van der Waals surface area contributed by atoms with Gasteiger partial charge in [0.05, 0.1) is 16.6 Å². The minimum atomic E-state index is -3.81. The van der Waals surface area contributed by atoms with E-state index in [1.807, 2.05) is 6.07 Å². The molecule has 0 heterocycles. The van der Waals surface area contributed by atoms with E-state index in [0.717, 1.165) is 5.56 Å². The first-order chi connectivity index (χ1) is 15.6.